The van der Waals surface area contributed by atoms with Gasteiger partial charge in [0.25, 0.3) is 0 Å². The van der Waals surface area contributed by atoms with Crippen molar-refractivity contribution in [2.45, 2.75) is 25.8 Å². The molecule has 0 heterocycles. The smallest absolute Gasteiger partial charge is 0.0395 e. The zero-order valence-corrected chi connectivity index (χ0v) is 7.89. The van der Waals surface area contributed by atoms with Gasteiger partial charge in [-0.2, -0.15) is 0 Å². The molecule has 62 valence electrons. The van der Waals surface area contributed by atoms with Crippen LogP contribution in [-0.4, -0.2) is 24.5 Å². The lowest BCUT2D eigenvalue weighted by Gasteiger charge is -2.33. The molecule has 0 aromatic rings. The van der Waals surface area contributed by atoms with Gasteiger partial charge in [-0.15, -0.1) is 0 Å². The van der Waals surface area contributed by atoms with E-state index in [-0.39, 0.29) is 5.54 Å². The van der Waals surface area contributed by atoms with Gasteiger partial charge in [-0.05, 0) is 39.9 Å². The molecule has 0 aliphatic heterocycles. The number of likely N-dealkylation sites (N-methyl/N-ethyl adjacent to an activating group) is 1. The Morgan fingerprint density at radius 2 is 2.00 bits per heavy atom. The Morgan fingerprint density at radius 3 is 2.36 bits per heavy atom. The van der Waals surface area contributed by atoms with Crippen LogP contribution >= 0.6 is 0 Å². The van der Waals surface area contributed by atoms with Gasteiger partial charge in [0.1, 0.15) is 0 Å². The van der Waals surface area contributed by atoms with Crippen LogP contribution in [0.5, 0.6) is 0 Å². The van der Waals surface area contributed by atoms with Crippen molar-refractivity contribution in [3.63, 3.8) is 0 Å². The lowest BCUT2D eigenvalue weighted by Crippen LogP contribution is -2.39. The van der Waals surface area contributed by atoms with Crippen molar-refractivity contribution in [1.82, 2.24) is 4.90 Å². The molecule has 1 heteroatoms. The molecule has 0 aromatic heterocycles. The second-order valence-electron chi connectivity index (χ2n) is 3.75. The van der Waals surface area contributed by atoms with E-state index in [9.17, 15) is 0 Å². The zero-order chi connectivity index (χ0) is 8.48. The molecular formula is C10H17N. The minimum atomic E-state index is 0.188. The van der Waals surface area contributed by atoms with Crippen molar-refractivity contribution in [3.05, 3.63) is 23.8 Å². The van der Waals surface area contributed by atoms with Crippen LogP contribution in [0.25, 0.3) is 0 Å². The van der Waals surface area contributed by atoms with Gasteiger partial charge in [0.05, 0.1) is 0 Å². The van der Waals surface area contributed by atoms with Gasteiger partial charge >= 0.3 is 0 Å². The maximum Gasteiger partial charge on any atom is 0.0395 e. The van der Waals surface area contributed by atoms with E-state index in [0.717, 1.165) is 6.42 Å². The fourth-order valence-corrected chi connectivity index (χ4v) is 1.17. The molecule has 11 heavy (non-hydrogen) atoms. The van der Waals surface area contributed by atoms with Crippen molar-refractivity contribution in [2.24, 2.45) is 0 Å². The van der Waals surface area contributed by atoms with Crippen molar-refractivity contribution in [1.29, 1.82) is 0 Å². The van der Waals surface area contributed by atoms with Crippen LogP contribution < -0.4 is 0 Å². The SMILES string of the molecule is CN(C)C(C)(C)C1=CCC=C1. The van der Waals surface area contributed by atoms with Crippen molar-refractivity contribution >= 4 is 0 Å². The van der Waals surface area contributed by atoms with Crippen LogP contribution in [0.2, 0.25) is 0 Å². The van der Waals surface area contributed by atoms with E-state index in [1.165, 1.54) is 5.57 Å². The summed E-state index contributed by atoms with van der Waals surface area (Å²) in [6, 6.07) is 0. The summed E-state index contributed by atoms with van der Waals surface area (Å²) in [5.41, 5.74) is 1.62. The average Bonchev–Trinajstić information content (AvgIpc) is 2.37. The average molecular weight is 151 g/mol. The third-order valence-corrected chi connectivity index (χ3v) is 2.60. The highest BCUT2D eigenvalue weighted by Crippen LogP contribution is 2.26. The van der Waals surface area contributed by atoms with E-state index in [0.29, 0.717) is 0 Å². The van der Waals surface area contributed by atoms with E-state index in [1.807, 2.05) is 0 Å². The first-order chi connectivity index (χ1) is 5.05. The first-order valence-corrected chi connectivity index (χ1v) is 4.10. The third kappa shape index (κ3) is 1.54. The molecule has 0 N–H and O–H groups in total. The highest BCUT2D eigenvalue weighted by molar-refractivity contribution is 5.34. The second kappa shape index (κ2) is 2.82. The van der Waals surface area contributed by atoms with E-state index in [4.69, 9.17) is 0 Å². The molecule has 0 aromatic carbocycles. The minimum Gasteiger partial charge on any atom is -0.300 e. The molecule has 0 radical (unpaired) electrons. The quantitative estimate of drug-likeness (QED) is 0.585. The molecule has 0 amide bonds. The maximum atomic E-state index is 2.29. The fraction of sp³-hybridized carbons (Fsp3) is 0.600. The minimum absolute atomic E-state index is 0.188. The summed E-state index contributed by atoms with van der Waals surface area (Å²) in [4.78, 5) is 2.24. The molecule has 0 saturated carbocycles. The number of rotatable bonds is 2. The summed E-state index contributed by atoms with van der Waals surface area (Å²) in [7, 11) is 4.24. The Balaban J connectivity index is 2.79. The predicted molar refractivity (Wildman–Crippen MR) is 49.6 cm³/mol. The highest BCUT2D eigenvalue weighted by Gasteiger charge is 2.24. The summed E-state index contributed by atoms with van der Waals surface area (Å²) in [5.74, 6) is 0. The second-order valence-corrected chi connectivity index (χ2v) is 3.75. The molecule has 1 rings (SSSR count). The van der Waals surface area contributed by atoms with Crippen molar-refractivity contribution in [2.75, 3.05) is 14.1 Å². The lowest BCUT2D eigenvalue weighted by molar-refractivity contribution is 0.242. The fourth-order valence-electron chi connectivity index (χ4n) is 1.17. The van der Waals surface area contributed by atoms with Gasteiger partial charge in [-0.1, -0.05) is 18.2 Å². The highest BCUT2D eigenvalue weighted by atomic mass is 15.1. The number of allylic oxidation sites excluding steroid dienone is 2. The third-order valence-electron chi connectivity index (χ3n) is 2.60. The number of hydrogen-bond donors (Lipinski definition) is 0. The van der Waals surface area contributed by atoms with Crippen molar-refractivity contribution in [3.8, 4) is 0 Å². The Bertz CT molecular complexity index is 197. The normalized spacial score (nSPS) is 17.7. The molecule has 0 bridgehead atoms. The molecule has 0 saturated heterocycles. The summed E-state index contributed by atoms with van der Waals surface area (Å²) >= 11 is 0. The van der Waals surface area contributed by atoms with E-state index < -0.39 is 0 Å². The number of nitrogens with zero attached hydrogens (tertiary/aromatic N) is 1. The number of hydrogen-bond acceptors (Lipinski definition) is 1. The topological polar surface area (TPSA) is 3.24 Å². The van der Waals surface area contributed by atoms with Crippen LogP contribution in [0.4, 0.5) is 0 Å². The van der Waals surface area contributed by atoms with Gasteiger partial charge in [0, 0.05) is 5.54 Å². The standard InChI is InChI=1S/C10H17N/c1-10(2,11(3)4)9-7-5-6-8-9/h5,7-8H,6H2,1-4H3. The van der Waals surface area contributed by atoms with Crippen LogP contribution in [0.3, 0.4) is 0 Å². The van der Waals surface area contributed by atoms with Gasteiger partial charge in [-0.25, -0.2) is 0 Å². The summed E-state index contributed by atoms with van der Waals surface area (Å²) in [5, 5.41) is 0. The molecule has 1 aliphatic carbocycles. The van der Waals surface area contributed by atoms with Crippen LogP contribution in [0, 0.1) is 0 Å². The summed E-state index contributed by atoms with van der Waals surface area (Å²) in [6.07, 6.45) is 7.83. The molecule has 0 fully saturated rings. The molecule has 0 atom stereocenters. The molecule has 0 spiro atoms. The molecule has 1 nitrogen and oxygen atoms in total. The van der Waals surface area contributed by atoms with Gasteiger partial charge in [0.2, 0.25) is 0 Å². The van der Waals surface area contributed by atoms with E-state index in [1.54, 1.807) is 0 Å². The zero-order valence-electron chi connectivity index (χ0n) is 7.89. The van der Waals surface area contributed by atoms with Crippen LogP contribution in [-0.2, 0) is 0 Å². The summed E-state index contributed by atoms with van der Waals surface area (Å²) in [6.45, 7) is 4.49. The molecule has 1 aliphatic rings. The Hall–Kier alpha value is -0.560. The monoisotopic (exact) mass is 151 g/mol. The Labute approximate surface area is 69.4 Å². The largest absolute Gasteiger partial charge is 0.300 e. The molecular weight excluding hydrogens is 134 g/mol. The first-order valence-electron chi connectivity index (χ1n) is 4.10. The van der Waals surface area contributed by atoms with E-state index in [2.05, 4.69) is 51.1 Å². The van der Waals surface area contributed by atoms with Crippen LogP contribution in [0.1, 0.15) is 20.3 Å². The Kier molecular flexibility index (Phi) is 2.19. The van der Waals surface area contributed by atoms with Gasteiger partial charge in [0.15, 0.2) is 0 Å². The van der Waals surface area contributed by atoms with Gasteiger partial charge in [-0.3, -0.25) is 0 Å². The Morgan fingerprint density at radius 1 is 1.36 bits per heavy atom. The lowest BCUT2D eigenvalue weighted by atomic mass is 9.94. The summed E-state index contributed by atoms with van der Waals surface area (Å²) < 4.78 is 0. The van der Waals surface area contributed by atoms with Crippen LogP contribution in [0.15, 0.2) is 23.8 Å². The molecule has 0 unspecified atom stereocenters. The van der Waals surface area contributed by atoms with E-state index >= 15 is 0 Å². The predicted octanol–water partition coefficient (Wildman–Crippen LogP) is 2.21. The van der Waals surface area contributed by atoms with Gasteiger partial charge < -0.3 is 4.90 Å². The van der Waals surface area contributed by atoms with Crippen molar-refractivity contribution < 1.29 is 0 Å². The maximum absolute atomic E-state index is 2.29. The first kappa shape index (κ1) is 8.54.